The summed E-state index contributed by atoms with van der Waals surface area (Å²) < 4.78 is 8.00. The number of hydrogen-bond acceptors (Lipinski definition) is 3. The largest absolute Gasteiger partial charge is 0.459 e. The summed E-state index contributed by atoms with van der Waals surface area (Å²) in [6.45, 7) is 2.68. The molecule has 0 N–H and O–H groups in total. The van der Waals surface area contributed by atoms with Crippen molar-refractivity contribution in [3.05, 3.63) is 52.2 Å². The van der Waals surface area contributed by atoms with E-state index in [1.165, 1.54) is 17.6 Å². The molecular formula is C14H11ClN2O2S. The number of aryl methyl sites for hydroxylation is 1. The smallest absolute Gasteiger partial charge is 0.315 e. The lowest BCUT2D eigenvalue weighted by atomic mass is 10.3. The molecule has 1 amide bonds. The minimum Gasteiger partial charge on any atom is -0.459 e. The molecular weight excluding hydrogens is 296 g/mol. The zero-order valence-electron chi connectivity index (χ0n) is 10.7. The summed E-state index contributed by atoms with van der Waals surface area (Å²) in [4.78, 5) is 16.8. The Labute approximate surface area is 123 Å². The summed E-state index contributed by atoms with van der Waals surface area (Å²) in [7, 11) is 0. The summed E-state index contributed by atoms with van der Waals surface area (Å²) in [5.74, 6) is -0.156. The van der Waals surface area contributed by atoms with Crippen LogP contribution in [-0.2, 0) is 6.54 Å². The molecule has 0 saturated heterocycles. The number of fused-ring (bicyclic) bond motifs is 1. The number of hydrogen-bond donors (Lipinski definition) is 0. The van der Waals surface area contributed by atoms with Gasteiger partial charge in [-0.2, -0.15) is 4.99 Å². The predicted octanol–water partition coefficient (Wildman–Crippen LogP) is 3.71. The van der Waals surface area contributed by atoms with Gasteiger partial charge in [-0.3, -0.25) is 4.79 Å². The quantitative estimate of drug-likeness (QED) is 0.724. The number of aromatic nitrogens is 1. The predicted molar refractivity (Wildman–Crippen MR) is 79.1 cm³/mol. The topological polar surface area (TPSA) is 47.5 Å². The standard InChI is InChI=1S/C14H11ClN2O2S/c1-2-17-12-9(15)5-3-7-11(12)20-14(17)16-13(18)10-6-4-8-19-10/h3-8H,2H2,1H3. The minimum absolute atomic E-state index is 0.233. The number of amides is 1. The molecule has 0 spiro atoms. The molecule has 0 bridgehead atoms. The van der Waals surface area contributed by atoms with Crippen LogP contribution in [-0.4, -0.2) is 10.5 Å². The Hall–Kier alpha value is -1.85. The van der Waals surface area contributed by atoms with Crippen LogP contribution in [0.3, 0.4) is 0 Å². The van der Waals surface area contributed by atoms with E-state index >= 15 is 0 Å². The van der Waals surface area contributed by atoms with Crippen LogP contribution in [0.2, 0.25) is 5.02 Å². The lowest BCUT2D eigenvalue weighted by molar-refractivity contribution is 0.0971. The fourth-order valence-corrected chi connectivity index (χ4v) is 3.46. The van der Waals surface area contributed by atoms with Gasteiger partial charge in [-0.1, -0.05) is 29.0 Å². The summed E-state index contributed by atoms with van der Waals surface area (Å²) in [5, 5.41) is 0.660. The summed E-state index contributed by atoms with van der Waals surface area (Å²) in [5.41, 5.74) is 0.910. The maximum atomic E-state index is 12.0. The van der Waals surface area contributed by atoms with Gasteiger partial charge in [-0.25, -0.2) is 0 Å². The number of nitrogens with zero attached hydrogens (tertiary/aromatic N) is 2. The Kier molecular flexibility index (Phi) is 3.46. The highest BCUT2D eigenvalue weighted by Gasteiger charge is 2.11. The van der Waals surface area contributed by atoms with Crippen molar-refractivity contribution in [2.24, 2.45) is 4.99 Å². The van der Waals surface area contributed by atoms with E-state index in [4.69, 9.17) is 16.0 Å². The van der Waals surface area contributed by atoms with Gasteiger partial charge in [0.1, 0.15) is 0 Å². The van der Waals surface area contributed by atoms with Crippen LogP contribution in [0.5, 0.6) is 0 Å². The molecule has 0 aliphatic carbocycles. The highest BCUT2D eigenvalue weighted by molar-refractivity contribution is 7.16. The Bertz CT molecular complexity index is 831. The van der Waals surface area contributed by atoms with Crippen LogP contribution in [0.15, 0.2) is 46.0 Å². The monoisotopic (exact) mass is 306 g/mol. The molecule has 4 nitrogen and oxygen atoms in total. The minimum atomic E-state index is -0.389. The number of rotatable bonds is 2. The Balaban J connectivity index is 2.21. The first kappa shape index (κ1) is 13.1. The highest BCUT2D eigenvalue weighted by atomic mass is 35.5. The van der Waals surface area contributed by atoms with E-state index in [-0.39, 0.29) is 11.7 Å². The molecule has 0 fully saturated rings. The highest BCUT2D eigenvalue weighted by Crippen LogP contribution is 2.25. The van der Waals surface area contributed by atoms with Gasteiger partial charge in [-0.05, 0) is 31.2 Å². The third-order valence-corrected chi connectivity index (χ3v) is 4.25. The lowest BCUT2D eigenvalue weighted by Gasteiger charge is -2.01. The van der Waals surface area contributed by atoms with E-state index in [0.29, 0.717) is 16.4 Å². The van der Waals surface area contributed by atoms with E-state index < -0.39 is 0 Å². The van der Waals surface area contributed by atoms with E-state index in [0.717, 1.165) is 10.2 Å². The number of carbonyl (C=O) groups is 1. The van der Waals surface area contributed by atoms with Crippen LogP contribution in [0.25, 0.3) is 10.2 Å². The lowest BCUT2D eigenvalue weighted by Crippen LogP contribution is -2.15. The molecule has 0 saturated carbocycles. The Morgan fingerprint density at radius 2 is 2.25 bits per heavy atom. The first-order chi connectivity index (χ1) is 9.70. The number of carbonyl (C=O) groups excluding carboxylic acids is 1. The van der Waals surface area contributed by atoms with Crippen LogP contribution >= 0.6 is 22.9 Å². The second-order valence-corrected chi connectivity index (χ2v) is 5.53. The van der Waals surface area contributed by atoms with Crippen molar-refractivity contribution in [1.29, 1.82) is 0 Å². The van der Waals surface area contributed by atoms with Crippen LogP contribution in [0.1, 0.15) is 17.5 Å². The Morgan fingerprint density at radius 3 is 2.95 bits per heavy atom. The maximum absolute atomic E-state index is 12.0. The van der Waals surface area contributed by atoms with E-state index in [1.807, 2.05) is 29.7 Å². The van der Waals surface area contributed by atoms with Gasteiger partial charge in [0.15, 0.2) is 10.6 Å². The second kappa shape index (κ2) is 5.26. The zero-order chi connectivity index (χ0) is 14.1. The SMILES string of the molecule is CCn1c(=NC(=O)c2ccco2)sc2cccc(Cl)c21. The summed E-state index contributed by atoms with van der Waals surface area (Å²) in [6, 6.07) is 8.95. The van der Waals surface area contributed by atoms with Crippen LogP contribution < -0.4 is 4.80 Å². The molecule has 0 aliphatic heterocycles. The molecule has 2 aromatic heterocycles. The van der Waals surface area contributed by atoms with Gasteiger partial charge < -0.3 is 8.98 Å². The molecule has 0 atom stereocenters. The van der Waals surface area contributed by atoms with Crippen molar-refractivity contribution < 1.29 is 9.21 Å². The van der Waals surface area contributed by atoms with E-state index in [9.17, 15) is 4.79 Å². The first-order valence-electron chi connectivity index (χ1n) is 6.11. The molecule has 102 valence electrons. The zero-order valence-corrected chi connectivity index (χ0v) is 12.2. The van der Waals surface area contributed by atoms with Crippen molar-refractivity contribution in [3.63, 3.8) is 0 Å². The molecule has 2 heterocycles. The maximum Gasteiger partial charge on any atom is 0.315 e. The van der Waals surface area contributed by atoms with Crippen molar-refractivity contribution >= 4 is 39.1 Å². The third-order valence-electron chi connectivity index (χ3n) is 2.90. The molecule has 20 heavy (non-hydrogen) atoms. The number of para-hydroxylation sites is 1. The van der Waals surface area contributed by atoms with Gasteiger partial charge in [0, 0.05) is 6.54 Å². The fraction of sp³-hybridized carbons (Fsp3) is 0.143. The average molecular weight is 307 g/mol. The number of thiazole rings is 1. The number of furan rings is 1. The first-order valence-corrected chi connectivity index (χ1v) is 7.30. The van der Waals surface area contributed by atoms with Crippen molar-refractivity contribution in [2.45, 2.75) is 13.5 Å². The van der Waals surface area contributed by atoms with Gasteiger partial charge >= 0.3 is 5.91 Å². The Morgan fingerprint density at radius 1 is 1.40 bits per heavy atom. The molecule has 6 heteroatoms. The van der Waals surface area contributed by atoms with Gasteiger partial charge in [0.05, 0.1) is 21.5 Å². The van der Waals surface area contributed by atoms with E-state index in [2.05, 4.69) is 4.99 Å². The fourth-order valence-electron chi connectivity index (χ4n) is 2.01. The average Bonchev–Trinajstić information content (AvgIpc) is 3.05. The van der Waals surface area contributed by atoms with Gasteiger partial charge in [-0.15, -0.1) is 0 Å². The van der Waals surface area contributed by atoms with Gasteiger partial charge in [0.25, 0.3) is 0 Å². The molecule has 0 radical (unpaired) electrons. The van der Waals surface area contributed by atoms with Crippen LogP contribution in [0, 0.1) is 0 Å². The molecule has 3 rings (SSSR count). The third kappa shape index (κ3) is 2.19. The van der Waals surface area contributed by atoms with Gasteiger partial charge in [0.2, 0.25) is 0 Å². The summed E-state index contributed by atoms with van der Waals surface area (Å²) in [6.07, 6.45) is 1.46. The van der Waals surface area contributed by atoms with E-state index in [1.54, 1.807) is 12.1 Å². The number of halogens is 1. The molecule has 0 aliphatic rings. The normalized spacial score (nSPS) is 12.2. The molecule has 3 aromatic rings. The van der Waals surface area contributed by atoms with Crippen molar-refractivity contribution in [2.75, 3.05) is 0 Å². The molecule has 0 unspecified atom stereocenters. The molecule has 1 aromatic carbocycles. The van der Waals surface area contributed by atoms with Crippen LogP contribution in [0.4, 0.5) is 0 Å². The summed E-state index contributed by atoms with van der Waals surface area (Å²) >= 11 is 7.67. The van der Waals surface area contributed by atoms with Crippen molar-refractivity contribution in [1.82, 2.24) is 4.57 Å². The number of benzene rings is 1. The second-order valence-electron chi connectivity index (χ2n) is 4.11. The van der Waals surface area contributed by atoms with Crippen molar-refractivity contribution in [3.8, 4) is 0 Å².